The lowest BCUT2D eigenvalue weighted by Crippen LogP contribution is -2.09. The maximum Gasteiger partial charge on any atom is 0.305 e. The number of rotatable bonds is 9. The fourth-order valence-corrected chi connectivity index (χ4v) is 7.46. The van der Waals surface area contributed by atoms with Gasteiger partial charge in [0.05, 0.1) is 48.9 Å². The highest BCUT2D eigenvalue weighted by molar-refractivity contribution is 8.00. The molecular weight excluding hydrogens is 582 g/mol. The molecule has 4 aromatic rings. The summed E-state index contributed by atoms with van der Waals surface area (Å²) >= 11 is 9.45. The van der Waals surface area contributed by atoms with E-state index in [1.54, 1.807) is 44.7 Å². The Balaban J connectivity index is 1.63. The third kappa shape index (κ3) is 5.52. The maximum atomic E-state index is 14.2. The topological polar surface area (TPSA) is 88.4 Å². The molecule has 0 fully saturated rings. The van der Waals surface area contributed by atoms with E-state index in [0.29, 0.717) is 46.4 Å². The molecule has 210 valence electrons. The third-order valence-electron chi connectivity index (χ3n) is 6.49. The molecule has 13 heteroatoms. The predicted octanol–water partition coefficient (Wildman–Crippen LogP) is 6.56. The summed E-state index contributed by atoms with van der Waals surface area (Å²) in [5.41, 5.74) is 2.03. The van der Waals surface area contributed by atoms with Gasteiger partial charge in [-0.2, -0.15) is 0 Å². The van der Waals surface area contributed by atoms with Gasteiger partial charge in [-0.3, -0.25) is 9.36 Å². The van der Waals surface area contributed by atoms with E-state index in [1.165, 1.54) is 34.8 Å². The minimum absolute atomic E-state index is 0.246. The van der Waals surface area contributed by atoms with Crippen molar-refractivity contribution < 1.29 is 27.8 Å². The minimum atomic E-state index is -2.84. The Morgan fingerprint density at radius 3 is 2.67 bits per heavy atom. The molecular formula is C27H25ClF2N4O4S2. The number of para-hydroxylation sites is 1. The maximum absolute atomic E-state index is 14.2. The summed E-state index contributed by atoms with van der Waals surface area (Å²) in [5, 5.41) is 8.59. The van der Waals surface area contributed by atoms with Crippen LogP contribution in [0.1, 0.15) is 56.0 Å². The number of nitrogens with zero attached hydrogens (tertiary/aromatic N) is 4. The van der Waals surface area contributed by atoms with Crippen LogP contribution in [0.3, 0.4) is 0 Å². The number of fused-ring (bicyclic) bond motifs is 3. The van der Waals surface area contributed by atoms with Crippen molar-refractivity contribution in [1.82, 2.24) is 19.7 Å². The van der Waals surface area contributed by atoms with Crippen molar-refractivity contribution in [2.75, 3.05) is 21.3 Å². The van der Waals surface area contributed by atoms with Gasteiger partial charge in [0.15, 0.2) is 17.3 Å². The SMILES string of the molecule is COC(=O)CCc1cnc(CC2SC(c3cccc(OC)c3OC)c3cc(Cl)ccc3-n3c(C(F)F)nnc32)s1. The van der Waals surface area contributed by atoms with Crippen molar-refractivity contribution in [1.29, 1.82) is 0 Å². The first-order valence-electron chi connectivity index (χ1n) is 12.2. The van der Waals surface area contributed by atoms with Gasteiger partial charge in [-0.15, -0.1) is 33.3 Å². The molecule has 2 unspecified atom stereocenters. The quantitative estimate of drug-likeness (QED) is 0.198. The van der Waals surface area contributed by atoms with Gasteiger partial charge in [-0.25, -0.2) is 13.8 Å². The third-order valence-corrected chi connectivity index (χ3v) is 9.29. The van der Waals surface area contributed by atoms with E-state index in [4.69, 9.17) is 25.8 Å². The van der Waals surface area contributed by atoms with E-state index in [1.807, 2.05) is 12.1 Å². The highest BCUT2D eigenvalue weighted by Crippen LogP contribution is 2.54. The zero-order valence-corrected chi connectivity index (χ0v) is 24.2. The number of methoxy groups -OCH3 is 3. The van der Waals surface area contributed by atoms with Crippen molar-refractivity contribution in [2.24, 2.45) is 0 Å². The Hall–Kier alpha value is -3.22. The number of carbonyl (C=O) groups excluding carboxylic acids is 1. The minimum Gasteiger partial charge on any atom is -0.493 e. The van der Waals surface area contributed by atoms with E-state index in [-0.39, 0.29) is 17.6 Å². The molecule has 3 heterocycles. The Bertz CT molecular complexity index is 1530. The van der Waals surface area contributed by atoms with Gasteiger partial charge < -0.3 is 14.2 Å². The zero-order chi connectivity index (χ0) is 28.4. The second-order valence-electron chi connectivity index (χ2n) is 8.84. The molecule has 8 nitrogen and oxygen atoms in total. The Morgan fingerprint density at radius 1 is 1.12 bits per heavy atom. The number of alkyl halides is 2. The second kappa shape index (κ2) is 12.1. The second-order valence-corrected chi connectivity index (χ2v) is 11.8. The fraction of sp³-hybridized carbons (Fsp3) is 0.333. The number of ether oxygens (including phenoxy) is 3. The number of halogens is 3. The van der Waals surface area contributed by atoms with Crippen LogP contribution >= 0.6 is 34.7 Å². The van der Waals surface area contributed by atoms with Gasteiger partial charge in [-0.05, 0) is 36.2 Å². The van der Waals surface area contributed by atoms with Crippen LogP contribution in [0.4, 0.5) is 8.78 Å². The highest BCUT2D eigenvalue weighted by Gasteiger charge is 2.37. The number of hydrogen-bond acceptors (Lipinski definition) is 9. The molecule has 0 bridgehead atoms. The van der Waals surface area contributed by atoms with Crippen molar-refractivity contribution in [3.63, 3.8) is 0 Å². The molecule has 1 aliphatic heterocycles. The highest BCUT2D eigenvalue weighted by atomic mass is 35.5. The van der Waals surface area contributed by atoms with Gasteiger partial charge in [0, 0.05) is 28.1 Å². The van der Waals surface area contributed by atoms with Crippen LogP contribution in [0.15, 0.2) is 42.6 Å². The average molecular weight is 607 g/mol. The van der Waals surface area contributed by atoms with E-state index < -0.39 is 17.5 Å². The number of carbonyl (C=O) groups is 1. The number of esters is 1. The number of thioether (sulfide) groups is 1. The molecule has 0 radical (unpaired) electrons. The van der Waals surface area contributed by atoms with E-state index >= 15 is 0 Å². The summed E-state index contributed by atoms with van der Waals surface area (Å²) < 4.78 is 45.9. The largest absolute Gasteiger partial charge is 0.493 e. The number of thiazole rings is 1. The summed E-state index contributed by atoms with van der Waals surface area (Å²) in [7, 11) is 4.48. The average Bonchev–Trinajstić information content (AvgIpc) is 3.58. The summed E-state index contributed by atoms with van der Waals surface area (Å²) in [6, 6.07) is 10.8. The number of aromatic nitrogens is 4. The number of hydrogen-bond donors (Lipinski definition) is 0. The molecule has 2 aromatic heterocycles. The van der Waals surface area contributed by atoms with Crippen molar-refractivity contribution in [3.05, 3.63) is 80.3 Å². The van der Waals surface area contributed by atoms with Gasteiger partial charge in [0.1, 0.15) is 0 Å². The molecule has 2 aromatic carbocycles. The first-order valence-corrected chi connectivity index (χ1v) is 14.4. The van der Waals surface area contributed by atoms with E-state index in [9.17, 15) is 13.6 Å². The van der Waals surface area contributed by atoms with Crippen molar-refractivity contribution in [3.8, 4) is 17.2 Å². The molecule has 2 atom stereocenters. The van der Waals surface area contributed by atoms with Crippen LogP contribution in [0, 0.1) is 0 Å². The van der Waals surface area contributed by atoms with Crippen LogP contribution in [0.5, 0.6) is 11.5 Å². The van der Waals surface area contributed by atoms with Gasteiger partial charge in [0.25, 0.3) is 6.43 Å². The van der Waals surface area contributed by atoms with Crippen LogP contribution in [0.25, 0.3) is 5.69 Å². The van der Waals surface area contributed by atoms with E-state index in [0.717, 1.165) is 15.4 Å². The Morgan fingerprint density at radius 2 is 1.95 bits per heavy atom. The predicted molar refractivity (Wildman–Crippen MR) is 149 cm³/mol. The summed E-state index contributed by atoms with van der Waals surface area (Å²) in [4.78, 5) is 17.1. The summed E-state index contributed by atoms with van der Waals surface area (Å²) in [5.74, 6) is 0.736. The first-order chi connectivity index (χ1) is 19.3. The van der Waals surface area contributed by atoms with Crippen LogP contribution in [-0.2, 0) is 22.4 Å². The number of aryl methyl sites for hydroxylation is 1. The first kappa shape index (κ1) is 28.3. The van der Waals surface area contributed by atoms with E-state index in [2.05, 4.69) is 15.2 Å². The molecule has 0 N–H and O–H groups in total. The zero-order valence-electron chi connectivity index (χ0n) is 21.8. The molecule has 0 saturated carbocycles. The molecule has 40 heavy (non-hydrogen) atoms. The van der Waals surface area contributed by atoms with Crippen LogP contribution in [-0.4, -0.2) is 47.0 Å². The normalized spacial score (nSPS) is 16.3. The molecule has 0 aliphatic carbocycles. The molecule has 5 rings (SSSR count). The number of benzene rings is 2. The van der Waals surface area contributed by atoms with Gasteiger partial charge >= 0.3 is 5.97 Å². The Kier molecular flexibility index (Phi) is 8.57. The molecule has 1 aliphatic rings. The standard InChI is InChI=1S/C27H25ClF2N4O4S2/c1-36-19-6-4-5-16(23(19)38-3)24-17-11-14(28)7-9-18(17)34-26(32-33-27(34)25(29)30)20(40-24)12-21-31-13-15(39-21)8-10-22(35)37-2/h4-7,9,11,13,20,24-25H,8,10,12H2,1-3H3. The van der Waals surface area contributed by atoms with Gasteiger partial charge in [-0.1, -0.05) is 23.7 Å². The van der Waals surface area contributed by atoms with Crippen LogP contribution in [0.2, 0.25) is 5.02 Å². The monoisotopic (exact) mass is 606 g/mol. The molecule has 0 amide bonds. The lowest BCUT2D eigenvalue weighted by Gasteiger charge is -2.23. The smallest absolute Gasteiger partial charge is 0.305 e. The fourth-order valence-electron chi connectivity index (χ4n) is 4.69. The Labute approximate surface area is 242 Å². The van der Waals surface area contributed by atoms with Crippen molar-refractivity contribution >= 4 is 40.7 Å². The van der Waals surface area contributed by atoms with Crippen LogP contribution < -0.4 is 9.47 Å². The molecule has 0 saturated heterocycles. The lowest BCUT2D eigenvalue weighted by atomic mass is 10.0. The lowest BCUT2D eigenvalue weighted by molar-refractivity contribution is -0.140. The van der Waals surface area contributed by atoms with Crippen molar-refractivity contribution in [2.45, 2.75) is 36.2 Å². The molecule has 0 spiro atoms. The van der Waals surface area contributed by atoms with Gasteiger partial charge in [0.2, 0.25) is 5.82 Å². The summed E-state index contributed by atoms with van der Waals surface area (Å²) in [6.07, 6.45) is 0.0384. The summed E-state index contributed by atoms with van der Waals surface area (Å²) in [6.45, 7) is 0.